The van der Waals surface area contributed by atoms with Gasteiger partial charge in [-0.05, 0) is 32.6 Å². The van der Waals surface area contributed by atoms with Crippen LogP contribution < -0.4 is 0 Å². The van der Waals surface area contributed by atoms with Gasteiger partial charge in [-0.15, -0.1) is 0 Å². The van der Waals surface area contributed by atoms with Crippen molar-refractivity contribution in [2.45, 2.75) is 26.9 Å². The molecular formula is C16H22N2O4. The van der Waals surface area contributed by atoms with Crippen molar-refractivity contribution in [2.24, 2.45) is 0 Å². The molecule has 0 aliphatic carbocycles. The molecule has 0 radical (unpaired) electrons. The van der Waals surface area contributed by atoms with Crippen molar-refractivity contribution in [1.82, 2.24) is 9.47 Å². The van der Waals surface area contributed by atoms with Gasteiger partial charge in [0.05, 0.1) is 0 Å². The third-order valence-corrected chi connectivity index (χ3v) is 3.13. The van der Waals surface area contributed by atoms with Crippen LogP contribution in [0.2, 0.25) is 0 Å². The number of nitrogens with zero attached hydrogens (tertiary/aromatic N) is 2. The van der Waals surface area contributed by atoms with E-state index < -0.39 is 11.9 Å². The van der Waals surface area contributed by atoms with Crippen LogP contribution >= 0.6 is 0 Å². The monoisotopic (exact) mass is 306 g/mol. The Morgan fingerprint density at radius 1 is 1.18 bits per heavy atom. The number of rotatable bonds is 4. The first kappa shape index (κ1) is 17.7. The van der Waals surface area contributed by atoms with Crippen molar-refractivity contribution in [1.29, 1.82) is 0 Å². The zero-order chi connectivity index (χ0) is 16.9. The van der Waals surface area contributed by atoms with Gasteiger partial charge >= 0.3 is 5.97 Å². The lowest BCUT2D eigenvalue weighted by molar-refractivity contribution is -0.137. The minimum Gasteiger partial charge on any atom is -0.481 e. The average molecular weight is 306 g/mol. The molecule has 120 valence electrons. The first-order valence-electron chi connectivity index (χ1n) is 6.86. The minimum absolute atomic E-state index is 0.0137. The second kappa shape index (κ2) is 7.61. The highest BCUT2D eigenvalue weighted by Gasteiger charge is 2.15. The lowest BCUT2D eigenvalue weighted by Crippen LogP contribution is -2.13. The van der Waals surface area contributed by atoms with E-state index >= 15 is 0 Å². The SMILES string of the molecule is CC(=O)O.Cc1c(CN(C)C)c2ccccc2n1CC(=O)O. The average Bonchev–Trinajstić information content (AvgIpc) is 2.63. The molecule has 0 aliphatic heterocycles. The van der Waals surface area contributed by atoms with Crippen molar-refractivity contribution in [3.05, 3.63) is 35.5 Å². The number of aliphatic carboxylic acids is 2. The Balaban J connectivity index is 0.000000541. The maximum absolute atomic E-state index is 11.0. The van der Waals surface area contributed by atoms with Crippen LogP contribution in [0.25, 0.3) is 10.9 Å². The first-order chi connectivity index (χ1) is 10.2. The summed E-state index contributed by atoms with van der Waals surface area (Å²) in [5, 5.41) is 17.6. The predicted octanol–water partition coefficient (Wildman–Crippen LogP) is 2.19. The Morgan fingerprint density at radius 3 is 2.23 bits per heavy atom. The van der Waals surface area contributed by atoms with Gasteiger partial charge in [-0.2, -0.15) is 0 Å². The van der Waals surface area contributed by atoms with Crippen molar-refractivity contribution in [2.75, 3.05) is 14.1 Å². The van der Waals surface area contributed by atoms with E-state index in [1.807, 2.05) is 43.8 Å². The molecule has 0 fully saturated rings. The molecule has 0 unspecified atom stereocenters. The highest BCUT2D eigenvalue weighted by atomic mass is 16.4. The quantitative estimate of drug-likeness (QED) is 0.904. The molecule has 0 saturated carbocycles. The van der Waals surface area contributed by atoms with E-state index in [0.29, 0.717) is 0 Å². The fraction of sp³-hybridized carbons (Fsp3) is 0.375. The second-order valence-electron chi connectivity index (χ2n) is 5.32. The summed E-state index contributed by atoms with van der Waals surface area (Å²) in [7, 11) is 4.03. The molecule has 6 nitrogen and oxygen atoms in total. The Bertz CT molecular complexity index is 670. The van der Waals surface area contributed by atoms with Gasteiger partial charge in [0.1, 0.15) is 6.54 Å². The molecule has 1 aromatic carbocycles. The molecule has 22 heavy (non-hydrogen) atoms. The molecule has 0 spiro atoms. The van der Waals surface area contributed by atoms with Gasteiger partial charge < -0.3 is 19.7 Å². The number of para-hydroxylation sites is 1. The van der Waals surface area contributed by atoms with E-state index in [0.717, 1.165) is 30.1 Å². The van der Waals surface area contributed by atoms with E-state index in [4.69, 9.17) is 15.0 Å². The van der Waals surface area contributed by atoms with Gasteiger partial charge in [0.15, 0.2) is 0 Å². The van der Waals surface area contributed by atoms with Gasteiger partial charge in [-0.1, -0.05) is 18.2 Å². The topological polar surface area (TPSA) is 82.8 Å². The molecule has 0 aliphatic rings. The summed E-state index contributed by atoms with van der Waals surface area (Å²) < 4.78 is 1.87. The van der Waals surface area contributed by atoms with E-state index in [-0.39, 0.29) is 6.54 Å². The van der Waals surface area contributed by atoms with Crippen LogP contribution in [0.15, 0.2) is 24.3 Å². The van der Waals surface area contributed by atoms with Crippen LogP contribution in [-0.2, 0) is 22.7 Å². The smallest absolute Gasteiger partial charge is 0.323 e. The Hall–Kier alpha value is -2.34. The number of hydrogen-bond donors (Lipinski definition) is 2. The maximum atomic E-state index is 11.0. The van der Waals surface area contributed by atoms with Crippen molar-refractivity contribution < 1.29 is 19.8 Å². The third-order valence-electron chi connectivity index (χ3n) is 3.13. The maximum Gasteiger partial charge on any atom is 0.323 e. The normalized spacial score (nSPS) is 10.4. The van der Waals surface area contributed by atoms with E-state index in [1.165, 1.54) is 5.56 Å². The lowest BCUT2D eigenvalue weighted by Gasteiger charge is -2.10. The Kier molecular flexibility index (Phi) is 6.12. The number of aromatic nitrogens is 1. The zero-order valence-corrected chi connectivity index (χ0v) is 13.3. The molecular weight excluding hydrogens is 284 g/mol. The van der Waals surface area contributed by atoms with E-state index in [9.17, 15) is 4.79 Å². The van der Waals surface area contributed by atoms with Crippen LogP contribution in [0.4, 0.5) is 0 Å². The molecule has 2 rings (SSSR count). The first-order valence-corrected chi connectivity index (χ1v) is 6.86. The molecule has 0 amide bonds. The van der Waals surface area contributed by atoms with Crippen molar-refractivity contribution >= 4 is 22.8 Å². The minimum atomic E-state index is -0.833. The molecule has 2 aromatic rings. The zero-order valence-electron chi connectivity index (χ0n) is 13.3. The van der Waals surface area contributed by atoms with Gasteiger partial charge in [-0.3, -0.25) is 9.59 Å². The number of fused-ring (bicyclic) bond motifs is 1. The van der Waals surface area contributed by atoms with Crippen molar-refractivity contribution in [3.8, 4) is 0 Å². The highest BCUT2D eigenvalue weighted by Crippen LogP contribution is 2.26. The molecule has 2 N–H and O–H groups in total. The summed E-state index contributed by atoms with van der Waals surface area (Å²) >= 11 is 0. The Labute approximate surface area is 129 Å². The summed E-state index contributed by atoms with van der Waals surface area (Å²) in [6.45, 7) is 3.90. The number of carboxylic acid groups (broad SMARTS) is 2. The molecule has 6 heteroatoms. The number of carbonyl (C=O) groups is 2. The van der Waals surface area contributed by atoms with E-state index in [1.54, 1.807) is 0 Å². The lowest BCUT2D eigenvalue weighted by atomic mass is 10.1. The molecule has 0 bridgehead atoms. The third kappa shape index (κ3) is 4.60. The largest absolute Gasteiger partial charge is 0.481 e. The molecule has 0 saturated heterocycles. The Morgan fingerprint density at radius 2 is 1.73 bits per heavy atom. The summed E-state index contributed by atoms with van der Waals surface area (Å²) in [5.74, 6) is -1.64. The van der Waals surface area contributed by atoms with Gasteiger partial charge in [0.2, 0.25) is 0 Å². The summed E-state index contributed by atoms with van der Waals surface area (Å²) in [6.07, 6.45) is 0. The molecule has 1 heterocycles. The number of carboxylic acids is 2. The fourth-order valence-corrected chi connectivity index (χ4v) is 2.36. The van der Waals surface area contributed by atoms with Crippen LogP contribution in [0, 0.1) is 6.92 Å². The van der Waals surface area contributed by atoms with Gasteiger partial charge in [0, 0.05) is 30.1 Å². The van der Waals surface area contributed by atoms with Gasteiger partial charge in [-0.25, -0.2) is 0 Å². The van der Waals surface area contributed by atoms with Gasteiger partial charge in [0.25, 0.3) is 5.97 Å². The van der Waals surface area contributed by atoms with Crippen LogP contribution in [0.1, 0.15) is 18.2 Å². The molecule has 0 atom stereocenters. The van der Waals surface area contributed by atoms with E-state index in [2.05, 4.69) is 11.0 Å². The van der Waals surface area contributed by atoms with Crippen LogP contribution in [0.3, 0.4) is 0 Å². The van der Waals surface area contributed by atoms with Crippen LogP contribution in [0.5, 0.6) is 0 Å². The second-order valence-corrected chi connectivity index (χ2v) is 5.32. The van der Waals surface area contributed by atoms with Crippen LogP contribution in [-0.4, -0.2) is 45.7 Å². The summed E-state index contributed by atoms with van der Waals surface area (Å²) in [6, 6.07) is 7.97. The summed E-state index contributed by atoms with van der Waals surface area (Å²) in [5.41, 5.74) is 3.23. The highest BCUT2D eigenvalue weighted by molar-refractivity contribution is 5.86. The number of hydrogen-bond acceptors (Lipinski definition) is 3. The summed E-state index contributed by atoms with van der Waals surface area (Å²) in [4.78, 5) is 22.1. The number of benzene rings is 1. The standard InChI is InChI=1S/C14H18N2O2.C2H4O2/c1-10-12(8-15(2)3)11-6-4-5-7-13(11)16(10)9-14(17)18;1-2(3)4/h4-7H,8-9H2,1-3H3,(H,17,18);1H3,(H,3,4). The molecule has 1 aromatic heterocycles. The predicted molar refractivity (Wildman–Crippen MR) is 85.0 cm³/mol. The fourth-order valence-electron chi connectivity index (χ4n) is 2.36. The van der Waals surface area contributed by atoms with Crippen molar-refractivity contribution in [3.63, 3.8) is 0 Å².